The minimum absolute atomic E-state index is 0.0641. The molecule has 0 unspecified atom stereocenters. The average Bonchev–Trinajstić information content (AvgIpc) is 2.55. The minimum Gasteiger partial charge on any atom is -0.399 e. The summed E-state index contributed by atoms with van der Waals surface area (Å²) in [6.07, 6.45) is 0. The molecule has 14 heteroatoms. The number of rotatable bonds is 4. The highest BCUT2D eigenvalue weighted by atomic mass is 16.6. The summed E-state index contributed by atoms with van der Waals surface area (Å²) in [7, 11) is 0. The van der Waals surface area contributed by atoms with Crippen LogP contribution in [0.15, 0.2) is 36.4 Å². The molecule has 0 fully saturated rings. The monoisotopic (exact) mass is 366 g/mol. The molecular weight excluding hydrogens is 356 g/mol. The summed E-state index contributed by atoms with van der Waals surface area (Å²) < 4.78 is 0. The molecule has 0 radical (unpaired) electrons. The van der Waals surface area contributed by atoms with E-state index in [9.17, 15) is 40.5 Å². The van der Waals surface area contributed by atoms with Crippen molar-refractivity contribution in [2.75, 3.05) is 11.5 Å². The molecule has 0 saturated heterocycles. The number of benzene rings is 2. The first-order valence-corrected chi connectivity index (χ1v) is 6.41. The molecule has 0 spiro atoms. The van der Waals surface area contributed by atoms with Gasteiger partial charge in [0, 0.05) is 17.8 Å². The summed E-state index contributed by atoms with van der Waals surface area (Å²) in [5.41, 5.74) is 7.86. The number of nitrogens with zero attached hydrogens (tertiary/aromatic N) is 4. The summed E-state index contributed by atoms with van der Waals surface area (Å²) >= 11 is 0. The lowest BCUT2D eigenvalue weighted by atomic mass is 10.2. The Labute approximate surface area is 143 Å². The van der Waals surface area contributed by atoms with E-state index in [4.69, 9.17) is 11.5 Å². The number of hydrogen-bond acceptors (Lipinski definition) is 10. The van der Waals surface area contributed by atoms with E-state index < -0.39 is 42.4 Å². The lowest BCUT2D eigenvalue weighted by Gasteiger charge is -1.98. The summed E-state index contributed by atoms with van der Waals surface area (Å²) in [5.74, 6) is 0. The van der Waals surface area contributed by atoms with Crippen LogP contribution in [-0.2, 0) is 0 Å². The second-order valence-corrected chi connectivity index (χ2v) is 4.52. The van der Waals surface area contributed by atoms with E-state index >= 15 is 0 Å². The minimum atomic E-state index is -1.02. The van der Waals surface area contributed by atoms with Crippen LogP contribution in [0.3, 0.4) is 0 Å². The molecule has 14 nitrogen and oxygen atoms in total. The van der Waals surface area contributed by atoms with Gasteiger partial charge in [-0.2, -0.15) is 0 Å². The van der Waals surface area contributed by atoms with Crippen molar-refractivity contribution in [3.63, 3.8) is 0 Å². The predicted octanol–water partition coefficient (Wildman–Crippen LogP) is 2.17. The number of nitro groups is 4. The zero-order chi connectivity index (χ0) is 20.0. The van der Waals surface area contributed by atoms with Crippen molar-refractivity contribution in [1.29, 1.82) is 0 Å². The van der Waals surface area contributed by atoms with Crippen LogP contribution in [0.25, 0.3) is 0 Å². The van der Waals surface area contributed by atoms with Crippen molar-refractivity contribution >= 4 is 34.1 Å². The van der Waals surface area contributed by atoms with Gasteiger partial charge >= 0.3 is 11.4 Å². The Kier molecular flexibility index (Phi) is 6.02. The van der Waals surface area contributed by atoms with Crippen LogP contribution in [0.5, 0.6) is 0 Å². The van der Waals surface area contributed by atoms with E-state index in [1.54, 1.807) is 0 Å². The zero-order valence-corrected chi connectivity index (χ0v) is 12.7. The second-order valence-electron chi connectivity index (χ2n) is 4.52. The molecule has 0 heterocycles. The van der Waals surface area contributed by atoms with E-state index in [2.05, 4.69) is 0 Å². The molecule has 0 aliphatic rings. The summed E-state index contributed by atoms with van der Waals surface area (Å²) in [5, 5.41) is 41.4. The maximum Gasteiger partial charge on any atom is 0.306 e. The van der Waals surface area contributed by atoms with Crippen molar-refractivity contribution in [2.24, 2.45) is 0 Å². The van der Waals surface area contributed by atoms with E-state index in [-0.39, 0.29) is 5.69 Å². The van der Waals surface area contributed by atoms with Gasteiger partial charge in [-0.05, 0) is 12.1 Å². The number of nitrogen functional groups attached to an aromatic ring is 2. The normalized spacial score (nSPS) is 9.54. The molecular formula is C12H10N6O8. The van der Waals surface area contributed by atoms with Crippen molar-refractivity contribution in [3.8, 4) is 0 Å². The van der Waals surface area contributed by atoms with Gasteiger partial charge in [0.2, 0.25) is 0 Å². The molecule has 0 aliphatic carbocycles. The molecule has 2 aromatic rings. The molecule has 26 heavy (non-hydrogen) atoms. The largest absolute Gasteiger partial charge is 0.399 e. The second kappa shape index (κ2) is 7.95. The maximum atomic E-state index is 10.5. The third-order valence-corrected chi connectivity index (χ3v) is 2.83. The Morgan fingerprint density at radius 3 is 1.31 bits per heavy atom. The van der Waals surface area contributed by atoms with E-state index in [1.165, 1.54) is 24.3 Å². The van der Waals surface area contributed by atoms with Crippen LogP contribution in [-0.4, -0.2) is 19.7 Å². The summed E-state index contributed by atoms with van der Waals surface area (Å²) in [6.45, 7) is 0. The summed E-state index contributed by atoms with van der Waals surface area (Å²) in [6, 6.07) is 6.88. The first-order valence-electron chi connectivity index (χ1n) is 6.41. The Hall–Kier alpha value is -4.36. The summed E-state index contributed by atoms with van der Waals surface area (Å²) in [4.78, 5) is 37.9. The highest BCUT2D eigenvalue weighted by molar-refractivity contribution is 5.74. The van der Waals surface area contributed by atoms with Crippen molar-refractivity contribution in [3.05, 3.63) is 76.9 Å². The van der Waals surface area contributed by atoms with Crippen LogP contribution in [0.2, 0.25) is 0 Å². The van der Waals surface area contributed by atoms with Gasteiger partial charge in [0.05, 0.1) is 31.8 Å². The van der Waals surface area contributed by atoms with Gasteiger partial charge in [-0.3, -0.25) is 40.5 Å². The van der Waals surface area contributed by atoms with E-state index in [0.717, 1.165) is 0 Å². The topological polar surface area (TPSA) is 225 Å². The van der Waals surface area contributed by atoms with E-state index in [1.807, 2.05) is 0 Å². The van der Waals surface area contributed by atoms with E-state index in [0.29, 0.717) is 17.8 Å². The predicted molar refractivity (Wildman–Crippen MR) is 88.3 cm³/mol. The molecule has 0 bridgehead atoms. The van der Waals surface area contributed by atoms with Gasteiger partial charge in [-0.25, -0.2) is 0 Å². The fraction of sp³-hybridized carbons (Fsp3) is 0. The highest BCUT2D eigenvalue weighted by Crippen LogP contribution is 2.35. The molecule has 0 aromatic heterocycles. The average molecular weight is 366 g/mol. The van der Waals surface area contributed by atoms with Gasteiger partial charge in [-0.1, -0.05) is 0 Å². The molecule has 0 saturated carbocycles. The first-order chi connectivity index (χ1) is 12.0. The highest BCUT2D eigenvalue weighted by Gasteiger charge is 2.28. The quantitative estimate of drug-likeness (QED) is 0.455. The standard InChI is InChI=1S/C6H4N4O6.C6H6N2O2/c7-6-4(9(13)14)1-3(8(11)12)2-5(6)10(15)16;7-5-1-3-6(4-2-5)8(9)10/h1-2H,7H2;1-4H,7H2. The fourth-order valence-corrected chi connectivity index (χ4v) is 1.61. The molecule has 4 N–H and O–H groups in total. The Balaban J connectivity index is 0.000000289. The first kappa shape index (κ1) is 19.7. The molecule has 0 atom stereocenters. The molecule has 136 valence electrons. The smallest absolute Gasteiger partial charge is 0.306 e. The van der Waals surface area contributed by atoms with Crippen LogP contribution < -0.4 is 11.5 Å². The van der Waals surface area contributed by atoms with Crippen molar-refractivity contribution in [1.82, 2.24) is 0 Å². The number of anilines is 2. The van der Waals surface area contributed by atoms with Gasteiger partial charge in [0.15, 0.2) is 5.69 Å². The number of nitrogens with two attached hydrogens (primary N) is 2. The third kappa shape index (κ3) is 4.82. The van der Waals surface area contributed by atoms with Crippen LogP contribution in [0.1, 0.15) is 0 Å². The Bertz CT molecular complexity index is 847. The lowest BCUT2D eigenvalue weighted by Crippen LogP contribution is -2.02. The molecule has 0 amide bonds. The van der Waals surface area contributed by atoms with Crippen molar-refractivity contribution < 1.29 is 19.7 Å². The molecule has 0 aliphatic heterocycles. The van der Waals surface area contributed by atoms with Crippen LogP contribution in [0.4, 0.5) is 34.1 Å². The Morgan fingerprint density at radius 1 is 0.615 bits per heavy atom. The number of nitro benzene ring substituents is 4. The van der Waals surface area contributed by atoms with Gasteiger partial charge in [-0.15, -0.1) is 0 Å². The SMILES string of the molecule is Nc1c([N+](=O)[O-])cc([N+](=O)[O-])cc1[N+](=O)[O-].Nc1ccc([N+](=O)[O-])cc1. The lowest BCUT2D eigenvalue weighted by molar-refractivity contribution is -0.401. The molecule has 2 rings (SSSR count). The van der Waals surface area contributed by atoms with Gasteiger partial charge in [0.25, 0.3) is 11.4 Å². The van der Waals surface area contributed by atoms with Crippen LogP contribution >= 0.6 is 0 Å². The third-order valence-electron chi connectivity index (χ3n) is 2.83. The number of hydrogen-bond donors (Lipinski definition) is 2. The molecule has 2 aromatic carbocycles. The van der Waals surface area contributed by atoms with Crippen LogP contribution in [0, 0.1) is 40.5 Å². The Morgan fingerprint density at radius 2 is 1.00 bits per heavy atom. The van der Waals surface area contributed by atoms with Gasteiger partial charge < -0.3 is 11.5 Å². The maximum absolute atomic E-state index is 10.5. The van der Waals surface area contributed by atoms with Crippen molar-refractivity contribution in [2.45, 2.75) is 0 Å². The zero-order valence-electron chi connectivity index (χ0n) is 12.7. The number of non-ortho nitro benzene ring substituents is 2. The van der Waals surface area contributed by atoms with Gasteiger partial charge in [0.1, 0.15) is 0 Å². The fourth-order valence-electron chi connectivity index (χ4n) is 1.61.